The van der Waals surface area contributed by atoms with Crippen LogP contribution >= 0.6 is 0 Å². The number of carbonyl (C=O) groups is 2. The fourth-order valence-electron chi connectivity index (χ4n) is 3.51. The molecule has 0 aromatic heterocycles. The molecule has 1 aromatic rings. The second kappa shape index (κ2) is 8.61. The molecule has 7 heteroatoms. The number of nitrogens with zero attached hydrogens (tertiary/aromatic N) is 2. The molecule has 2 aliphatic rings. The number of ether oxygens (including phenoxy) is 1. The summed E-state index contributed by atoms with van der Waals surface area (Å²) >= 11 is 0. The second-order valence-electron chi connectivity index (χ2n) is 7.67. The van der Waals surface area contributed by atoms with E-state index in [1.807, 2.05) is 32.3 Å². The first-order chi connectivity index (χ1) is 13.0. The predicted molar refractivity (Wildman–Crippen MR) is 103 cm³/mol. The van der Waals surface area contributed by atoms with E-state index in [2.05, 4.69) is 10.2 Å². The van der Waals surface area contributed by atoms with Gasteiger partial charge in [0.1, 0.15) is 18.4 Å². The van der Waals surface area contributed by atoms with Crippen LogP contribution in [0.1, 0.15) is 31.2 Å². The van der Waals surface area contributed by atoms with Crippen molar-refractivity contribution in [1.29, 1.82) is 0 Å². The Hall–Kier alpha value is -2.28. The van der Waals surface area contributed by atoms with Crippen molar-refractivity contribution in [2.45, 2.75) is 38.1 Å². The number of anilines is 1. The molecule has 1 aliphatic heterocycles. The number of hydrogen-bond donors (Lipinski definition) is 2. The van der Waals surface area contributed by atoms with Gasteiger partial charge < -0.3 is 25.0 Å². The number of amides is 2. The SMILES string of the molecule is CN(C)CCOc1cccc2c1CCN2C(=O)C(CCC1CC1)NC(=O)O. The van der Waals surface area contributed by atoms with Gasteiger partial charge in [-0.2, -0.15) is 0 Å². The molecular formula is C20H29N3O4. The highest BCUT2D eigenvalue weighted by molar-refractivity contribution is 6.00. The third-order valence-corrected chi connectivity index (χ3v) is 5.20. The molecule has 1 unspecified atom stereocenters. The molecule has 1 atom stereocenters. The number of benzene rings is 1. The Morgan fingerprint density at radius 3 is 2.81 bits per heavy atom. The third kappa shape index (κ3) is 5.13. The number of hydrogen-bond acceptors (Lipinski definition) is 4. The zero-order chi connectivity index (χ0) is 19.4. The van der Waals surface area contributed by atoms with E-state index in [1.54, 1.807) is 4.90 Å². The first-order valence-corrected chi connectivity index (χ1v) is 9.66. The van der Waals surface area contributed by atoms with Crippen LogP contribution in [0.3, 0.4) is 0 Å². The minimum absolute atomic E-state index is 0.165. The first-order valence-electron chi connectivity index (χ1n) is 9.66. The maximum Gasteiger partial charge on any atom is 0.405 e. The van der Waals surface area contributed by atoms with E-state index < -0.39 is 12.1 Å². The predicted octanol–water partition coefficient (Wildman–Crippen LogP) is 2.34. The summed E-state index contributed by atoms with van der Waals surface area (Å²) < 4.78 is 5.91. The van der Waals surface area contributed by atoms with Crippen LogP contribution in [0.25, 0.3) is 0 Å². The van der Waals surface area contributed by atoms with Crippen LogP contribution in [-0.4, -0.2) is 61.8 Å². The van der Waals surface area contributed by atoms with Crippen molar-refractivity contribution >= 4 is 17.7 Å². The molecule has 0 bridgehead atoms. The van der Waals surface area contributed by atoms with Gasteiger partial charge in [0.05, 0.1) is 5.69 Å². The summed E-state index contributed by atoms with van der Waals surface area (Å²) in [6, 6.07) is 5.05. The van der Waals surface area contributed by atoms with Gasteiger partial charge in [0.25, 0.3) is 0 Å². The van der Waals surface area contributed by atoms with Crippen LogP contribution in [0.15, 0.2) is 18.2 Å². The van der Waals surface area contributed by atoms with Crippen LogP contribution < -0.4 is 15.0 Å². The van der Waals surface area contributed by atoms with Gasteiger partial charge in [0.2, 0.25) is 5.91 Å². The lowest BCUT2D eigenvalue weighted by molar-refractivity contribution is -0.120. The molecule has 3 rings (SSSR count). The number of carbonyl (C=O) groups excluding carboxylic acids is 1. The van der Waals surface area contributed by atoms with Gasteiger partial charge in [0, 0.05) is 18.7 Å². The minimum Gasteiger partial charge on any atom is -0.492 e. The molecule has 0 spiro atoms. The number of nitrogens with one attached hydrogen (secondary N) is 1. The molecule has 1 fully saturated rings. The second-order valence-corrected chi connectivity index (χ2v) is 7.67. The topological polar surface area (TPSA) is 82.1 Å². The van der Waals surface area contributed by atoms with Crippen LogP contribution in [0, 0.1) is 5.92 Å². The molecular weight excluding hydrogens is 346 g/mol. The molecule has 148 valence electrons. The van der Waals surface area contributed by atoms with E-state index in [4.69, 9.17) is 9.84 Å². The largest absolute Gasteiger partial charge is 0.492 e. The van der Waals surface area contributed by atoms with Crippen molar-refractivity contribution in [2.75, 3.05) is 38.7 Å². The Balaban J connectivity index is 1.70. The zero-order valence-electron chi connectivity index (χ0n) is 16.1. The molecule has 1 saturated carbocycles. The van der Waals surface area contributed by atoms with Gasteiger partial charge in [-0.25, -0.2) is 4.79 Å². The van der Waals surface area contributed by atoms with Crippen LogP contribution in [0.4, 0.5) is 10.5 Å². The van der Waals surface area contributed by atoms with Crippen LogP contribution in [0.5, 0.6) is 5.75 Å². The molecule has 1 heterocycles. The molecule has 1 aromatic carbocycles. The maximum atomic E-state index is 13.0. The quantitative estimate of drug-likeness (QED) is 0.692. The van der Waals surface area contributed by atoms with Crippen molar-refractivity contribution in [3.8, 4) is 5.75 Å². The van der Waals surface area contributed by atoms with Crippen molar-refractivity contribution in [3.05, 3.63) is 23.8 Å². The number of carboxylic acid groups (broad SMARTS) is 1. The lowest BCUT2D eigenvalue weighted by Crippen LogP contribution is -2.48. The Morgan fingerprint density at radius 1 is 1.37 bits per heavy atom. The van der Waals surface area contributed by atoms with Gasteiger partial charge >= 0.3 is 6.09 Å². The van der Waals surface area contributed by atoms with E-state index in [-0.39, 0.29) is 5.91 Å². The third-order valence-electron chi connectivity index (χ3n) is 5.20. The van der Waals surface area contributed by atoms with Gasteiger partial charge in [-0.15, -0.1) is 0 Å². The first kappa shape index (κ1) is 19.5. The van der Waals surface area contributed by atoms with E-state index in [1.165, 1.54) is 12.8 Å². The molecule has 0 radical (unpaired) electrons. The van der Waals surface area contributed by atoms with Crippen molar-refractivity contribution in [1.82, 2.24) is 10.2 Å². The van der Waals surface area contributed by atoms with Crippen molar-refractivity contribution < 1.29 is 19.4 Å². The lowest BCUT2D eigenvalue weighted by atomic mass is 10.1. The standard InChI is InChI=1S/C20H29N3O4/c1-22(2)12-13-27-18-5-3-4-17-15(18)10-11-23(17)19(24)16(21-20(25)26)9-8-14-6-7-14/h3-5,14,16,21H,6-13H2,1-2H3,(H,25,26). The Labute approximate surface area is 160 Å². The van der Waals surface area contributed by atoms with Gasteiger partial charge in [-0.3, -0.25) is 4.79 Å². The fourth-order valence-corrected chi connectivity index (χ4v) is 3.51. The van der Waals surface area contributed by atoms with Crippen LogP contribution in [0.2, 0.25) is 0 Å². The van der Waals surface area contributed by atoms with E-state index >= 15 is 0 Å². The number of likely N-dealkylation sites (N-methyl/N-ethyl adjacent to an activating group) is 1. The molecule has 0 saturated heterocycles. The molecule has 2 amide bonds. The highest BCUT2D eigenvalue weighted by Crippen LogP contribution is 2.37. The summed E-state index contributed by atoms with van der Waals surface area (Å²) in [5.74, 6) is 1.30. The number of fused-ring (bicyclic) bond motifs is 1. The summed E-state index contributed by atoms with van der Waals surface area (Å²) in [4.78, 5) is 28.0. The maximum absolute atomic E-state index is 13.0. The average molecular weight is 375 g/mol. The average Bonchev–Trinajstić information content (AvgIpc) is 3.34. The summed E-state index contributed by atoms with van der Waals surface area (Å²) in [6.45, 7) is 1.96. The fraction of sp³-hybridized carbons (Fsp3) is 0.600. The monoisotopic (exact) mass is 375 g/mol. The summed E-state index contributed by atoms with van der Waals surface area (Å²) in [5, 5.41) is 11.6. The summed E-state index contributed by atoms with van der Waals surface area (Å²) in [5.41, 5.74) is 1.87. The highest BCUT2D eigenvalue weighted by Gasteiger charge is 2.33. The normalized spacial score (nSPS) is 16.9. The highest BCUT2D eigenvalue weighted by atomic mass is 16.5. The Morgan fingerprint density at radius 2 is 2.15 bits per heavy atom. The minimum atomic E-state index is -1.15. The Bertz CT molecular complexity index is 688. The van der Waals surface area contributed by atoms with Crippen molar-refractivity contribution in [2.24, 2.45) is 5.92 Å². The van der Waals surface area contributed by atoms with Crippen LogP contribution in [-0.2, 0) is 11.2 Å². The van der Waals surface area contributed by atoms with E-state index in [0.717, 1.165) is 36.4 Å². The molecule has 27 heavy (non-hydrogen) atoms. The van der Waals surface area contributed by atoms with Gasteiger partial charge in [-0.1, -0.05) is 18.9 Å². The van der Waals surface area contributed by atoms with Gasteiger partial charge in [0.15, 0.2) is 0 Å². The van der Waals surface area contributed by atoms with Crippen molar-refractivity contribution in [3.63, 3.8) is 0 Å². The molecule has 1 aliphatic carbocycles. The molecule has 2 N–H and O–H groups in total. The van der Waals surface area contributed by atoms with E-state index in [0.29, 0.717) is 25.5 Å². The lowest BCUT2D eigenvalue weighted by Gasteiger charge is -2.24. The number of rotatable bonds is 9. The Kier molecular flexibility index (Phi) is 6.21. The smallest absolute Gasteiger partial charge is 0.405 e. The molecule has 7 nitrogen and oxygen atoms in total. The summed E-state index contributed by atoms with van der Waals surface area (Å²) in [7, 11) is 3.99. The zero-order valence-corrected chi connectivity index (χ0v) is 16.1. The van der Waals surface area contributed by atoms with Gasteiger partial charge in [-0.05, 0) is 51.4 Å². The van der Waals surface area contributed by atoms with E-state index in [9.17, 15) is 9.59 Å². The summed E-state index contributed by atoms with van der Waals surface area (Å²) in [6.07, 6.45) is 3.40.